The summed E-state index contributed by atoms with van der Waals surface area (Å²) in [6.45, 7) is 5.92. The van der Waals surface area contributed by atoms with E-state index in [2.05, 4.69) is 10.2 Å². The number of hydrogen-bond donors (Lipinski definition) is 2. The molecule has 0 aromatic heterocycles. The standard InChI is InChI=1S/C12H25N3/c13-12(11-3-1-2-4-11)5-8-15-9-6-14-7-10-15/h11-12,14H,1-10,13H2. The van der Waals surface area contributed by atoms with Gasteiger partial charge in [0, 0.05) is 32.2 Å². The van der Waals surface area contributed by atoms with Crippen molar-refractivity contribution in [1.29, 1.82) is 0 Å². The van der Waals surface area contributed by atoms with E-state index >= 15 is 0 Å². The number of rotatable bonds is 4. The van der Waals surface area contributed by atoms with Crippen LogP contribution in [0, 0.1) is 5.92 Å². The predicted molar refractivity (Wildman–Crippen MR) is 63.9 cm³/mol. The molecule has 1 unspecified atom stereocenters. The number of nitrogens with one attached hydrogen (secondary N) is 1. The van der Waals surface area contributed by atoms with Crippen molar-refractivity contribution < 1.29 is 0 Å². The lowest BCUT2D eigenvalue weighted by atomic mass is 9.96. The Kier molecular flexibility index (Phi) is 4.42. The van der Waals surface area contributed by atoms with Crippen LogP contribution in [-0.4, -0.2) is 43.7 Å². The number of nitrogens with zero attached hydrogens (tertiary/aromatic N) is 1. The van der Waals surface area contributed by atoms with Gasteiger partial charge in [0.25, 0.3) is 0 Å². The Morgan fingerprint density at radius 1 is 1.20 bits per heavy atom. The summed E-state index contributed by atoms with van der Waals surface area (Å²) in [5.74, 6) is 0.827. The van der Waals surface area contributed by atoms with Crippen LogP contribution < -0.4 is 11.1 Å². The Morgan fingerprint density at radius 3 is 2.53 bits per heavy atom. The monoisotopic (exact) mass is 211 g/mol. The van der Waals surface area contributed by atoms with Crippen LogP contribution in [0.4, 0.5) is 0 Å². The summed E-state index contributed by atoms with van der Waals surface area (Å²) in [5.41, 5.74) is 6.25. The van der Waals surface area contributed by atoms with Gasteiger partial charge in [-0.25, -0.2) is 0 Å². The highest BCUT2D eigenvalue weighted by Crippen LogP contribution is 2.27. The van der Waals surface area contributed by atoms with E-state index in [1.165, 1.54) is 51.7 Å². The lowest BCUT2D eigenvalue weighted by molar-refractivity contribution is 0.223. The first-order valence-electron chi connectivity index (χ1n) is 6.55. The molecule has 2 rings (SSSR count). The minimum Gasteiger partial charge on any atom is -0.327 e. The van der Waals surface area contributed by atoms with Crippen LogP contribution in [0.2, 0.25) is 0 Å². The van der Waals surface area contributed by atoms with Gasteiger partial charge in [-0.15, -0.1) is 0 Å². The van der Waals surface area contributed by atoms with Crippen LogP contribution in [0.5, 0.6) is 0 Å². The van der Waals surface area contributed by atoms with E-state index in [0.717, 1.165) is 19.0 Å². The van der Waals surface area contributed by atoms with Crippen molar-refractivity contribution in [3.8, 4) is 0 Å². The summed E-state index contributed by atoms with van der Waals surface area (Å²) < 4.78 is 0. The summed E-state index contributed by atoms with van der Waals surface area (Å²) in [6, 6.07) is 0.461. The van der Waals surface area contributed by atoms with Crippen molar-refractivity contribution in [2.45, 2.75) is 38.1 Å². The maximum Gasteiger partial charge on any atom is 0.0107 e. The van der Waals surface area contributed by atoms with Crippen molar-refractivity contribution >= 4 is 0 Å². The Bertz CT molecular complexity index is 172. The molecule has 0 amide bonds. The Balaban J connectivity index is 1.63. The molecule has 0 bridgehead atoms. The molecule has 1 aliphatic carbocycles. The fourth-order valence-electron chi connectivity index (χ4n) is 2.89. The first-order valence-corrected chi connectivity index (χ1v) is 6.55. The molecule has 1 heterocycles. The van der Waals surface area contributed by atoms with Gasteiger partial charge in [-0.2, -0.15) is 0 Å². The van der Waals surface area contributed by atoms with E-state index in [1.807, 2.05) is 0 Å². The highest BCUT2D eigenvalue weighted by atomic mass is 15.2. The number of piperazine rings is 1. The van der Waals surface area contributed by atoms with Gasteiger partial charge in [0.2, 0.25) is 0 Å². The average Bonchev–Trinajstić information content (AvgIpc) is 2.81. The predicted octanol–water partition coefficient (Wildman–Crippen LogP) is 0.799. The molecule has 1 saturated carbocycles. The molecule has 88 valence electrons. The van der Waals surface area contributed by atoms with Crippen LogP contribution in [0.1, 0.15) is 32.1 Å². The van der Waals surface area contributed by atoms with Gasteiger partial charge in [0.05, 0.1) is 0 Å². The van der Waals surface area contributed by atoms with Gasteiger partial charge >= 0.3 is 0 Å². The van der Waals surface area contributed by atoms with Crippen molar-refractivity contribution in [3.05, 3.63) is 0 Å². The van der Waals surface area contributed by atoms with Gasteiger partial charge < -0.3 is 16.0 Å². The average molecular weight is 211 g/mol. The van der Waals surface area contributed by atoms with E-state index in [0.29, 0.717) is 6.04 Å². The lowest BCUT2D eigenvalue weighted by Gasteiger charge is -2.29. The maximum absolute atomic E-state index is 6.25. The van der Waals surface area contributed by atoms with Crippen LogP contribution in [0.15, 0.2) is 0 Å². The van der Waals surface area contributed by atoms with Gasteiger partial charge in [0.1, 0.15) is 0 Å². The third-order valence-corrected chi connectivity index (χ3v) is 3.99. The molecular weight excluding hydrogens is 186 g/mol. The molecule has 0 spiro atoms. The molecule has 1 saturated heterocycles. The fourth-order valence-corrected chi connectivity index (χ4v) is 2.89. The Hall–Kier alpha value is -0.120. The molecule has 15 heavy (non-hydrogen) atoms. The summed E-state index contributed by atoms with van der Waals surface area (Å²) in [4.78, 5) is 2.55. The second kappa shape index (κ2) is 5.83. The van der Waals surface area contributed by atoms with Gasteiger partial charge in [-0.05, 0) is 31.7 Å². The normalized spacial score (nSPS) is 27.0. The molecule has 0 aromatic rings. The SMILES string of the molecule is NC(CCN1CCNCC1)C1CCCC1. The minimum absolute atomic E-state index is 0.461. The Labute approximate surface area is 93.4 Å². The third-order valence-electron chi connectivity index (χ3n) is 3.99. The smallest absolute Gasteiger partial charge is 0.0107 e. The largest absolute Gasteiger partial charge is 0.327 e. The number of hydrogen-bond acceptors (Lipinski definition) is 3. The fraction of sp³-hybridized carbons (Fsp3) is 1.00. The lowest BCUT2D eigenvalue weighted by Crippen LogP contribution is -2.45. The van der Waals surface area contributed by atoms with E-state index in [-0.39, 0.29) is 0 Å². The van der Waals surface area contributed by atoms with Crippen LogP contribution in [-0.2, 0) is 0 Å². The quantitative estimate of drug-likeness (QED) is 0.723. The highest BCUT2D eigenvalue weighted by Gasteiger charge is 2.22. The minimum atomic E-state index is 0.461. The maximum atomic E-state index is 6.25. The molecule has 3 nitrogen and oxygen atoms in total. The first-order chi connectivity index (χ1) is 7.36. The van der Waals surface area contributed by atoms with Crippen LogP contribution >= 0.6 is 0 Å². The first kappa shape index (κ1) is 11.4. The molecule has 0 aromatic carbocycles. The molecule has 3 N–H and O–H groups in total. The van der Waals surface area contributed by atoms with E-state index in [9.17, 15) is 0 Å². The molecule has 1 aliphatic heterocycles. The number of nitrogens with two attached hydrogens (primary N) is 1. The second-order valence-electron chi connectivity index (χ2n) is 5.09. The Morgan fingerprint density at radius 2 is 1.87 bits per heavy atom. The highest BCUT2D eigenvalue weighted by molar-refractivity contribution is 4.79. The van der Waals surface area contributed by atoms with Crippen LogP contribution in [0.25, 0.3) is 0 Å². The van der Waals surface area contributed by atoms with Gasteiger partial charge in [0.15, 0.2) is 0 Å². The molecule has 3 heteroatoms. The summed E-state index contributed by atoms with van der Waals surface area (Å²) in [7, 11) is 0. The van der Waals surface area contributed by atoms with Crippen molar-refractivity contribution in [3.63, 3.8) is 0 Å². The molecular formula is C12H25N3. The zero-order valence-electron chi connectivity index (χ0n) is 9.75. The molecule has 1 atom stereocenters. The molecule has 2 aliphatic rings. The third kappa shape index (κ3) is 3.44. The topological polar surface area (TPSA) is 41.3 Å². The molecule has 0 radical (unpaired) electrons. The van der Waals surface area contributed by atoms with E-state index in [4.69, 9.17) is 5.73 Å². The summed E-state index contributed by atoms with van der Waals surface area (Å²) in [5, 5.41) is 3.38. The van der Waals surface area contributed by atoms with Gasteiger partial charge in [-0.3, -0.25) is 0 Å². The molecule has 2 fully saturated rings. The second-order valence-corrected chi connectivity index (χ2v) is 5.09. The summed E-state index contributed by atoms with van der Waals surface area (Å²) in [6.07, 6.45) is 6.77. The van der Waals surface area contributed by atoms with E-state index in [1.54, 1.807) is 0 Å². The van der Waals surface area contributed by atoms with Crippen molar-refractivity contribution in [2.75, 3.05) is 32.7 Å². The zero-order valence-corrected chi connectivity index (χ0v) is 9.75. The van der Waals surface area contributed by atoms with Crippen molar-refractivity contribution in [1.82, 2.24) is 10.2 Å². The van der Waals surface area contributed by atoms with Crippen LogP contribution in [0.3, 0.4) is 0 Å². The summed E-state index contributed by atoms with van der Waals surface area (Å²) >= 11 is 0. The zero-order chi connectivity index (χ0) is 10.5. The van der Waals surface area contributed by atoms with Gasteiger partial charge in [-0.1, -0.05) is 12.8 Å². The van der Waals surface area contributed by atoms with E-state index < -0.39 is 0 Å². The van der Waals surface area contributed by atoms with Crippen molar-refractivity contribution in [2.24, 2.45) is 11.7 Å².